The Labute approximate surface area is 165 Å². The Balaban J connectivity index is 1.89. The first-order valence-electron chi connectivity index (χ1n) is 9.41. The van der Waals surface area contributed by atoms with Gasteiger partial charge in [-0.05, 0) is 42.8 Å². The largest absolute Gasteiger partial charge is 0.468 e. The van der Waals surface area contributed by atoms with Gasteiger partial charge in [0.15, 0.2) is 0 Å². The van der Waals surface area contributed by atoms with Gasteiger partial charge in [-0.3, -0.25) is 4.57 Å². The first-order valence-corrected chi connectivity index (χ1v) is 11.1. The maximum absolute atomic E-state index is 14.9. The molecular weight excluding hydrogens is 369 g/mol. The third-order valence-corrected chi connectivity index (χ3v) is 8.60. The average molecular weight is 391 g/mol. The minimum absolute atomic E-state index is 0.122. The molecule has 1 aromatic heterocycles. The molecule has 0 N–H and O–H groups in total. The first kappa shape index (κ1) is 18.4. The summed E-state index contributed by atoms with van der Waals surface area (Å²) in [5.74, 6) is 0.591. The van der Waals surface area contributed by atoms with Gasteiger partial charge in [-0.25, -0.2) is 0 Å². The molecule has 0 radical (unpaired) electrons. The lowest BCUT2D eigenvalue weighted by atomic mass is 10.2. The predicted molar refractivity (Wildman–Crippen MR) is 111 cm³/mol. The Morgan fingerprint density at radius 2 is 1.50 bits per heavy atom. The summed E-state index contributed by atoms with van der Waals surface area (Å²) < 4.78 is 24.6. The van der Waals surface area contributed by atoms with Crippen LogP contribution in [0.15, 0.2) is 83.5 Å². The summed E-state index contributed by atoms with van der Waals surface area (Å²) in [4.78, 5) is 0. The first-order chi connectivity index (χ1) is 13.7. The minimum Gasteiger partial charge on any atom is -0.468 e. The van der Waals surface area contributed by atoms with Crippen molar-refractivity contribution >= 4 is 18.8 Å². The van der Waals surface area contributed by atoms with Crippen LogP contribution in [-0.4, -0.2) is 13.1 Å². The maximum Gasteiger partial charge on any atom is 0.274 e. The van der Waals surface area contributed by atoms with Crippen LogP contribution < -0.4 is 9.34 Å². The molecule has 2 heterocycles. The van der Waals surface area contributed by atoms with E-state index in [1.807, 2.05) is 76.1 Å². The third kappa shape index (κ3) is 3.21. The van der Waals surface area contributed by atoms with Gasteiger partial charge in [-0.1, -0.05) is 36.4 Å². The number of nitrogens with zero attached hydrogens (tertiary/aromatic N) is 3. The summed E-state index contributed by atoms with van der Waals surface area (Å²) in [6.45, 7) is 1.35. The van der Waals surface area contributed by atoms with Crippen molar-refractivity contribution in [1.29, 1.82) is 5.26 Å². The number of furan rings is 1. The minimum atomic E-state index is -3.24. The van der Waals surface area contributed by atoms with Gasteiger partial charge >= 0.3 is 0 Å². The highest BCUT2D eigenvalue weighted by atomic mass is 31.2. The van der Waals surface area contributed by atoms with E-state index in [4.69, 9.17) is 4.42 Å². The van der Waals surface area contributed by atoms with Crippen molar-refractivity contribution in [2.24, 2.45) is 0 Å². The molecule has 0 spiro atoms. The summed E-state index contributed by atoms with van der Waals surface area (Å²) >= 11 is 0. The molecule has 5 nitrogen and oxygen atoms in total. The molecule has 1 saturated heterocycles. The zero-order valence-electron chi connectivity index (χ0n) is 15.5. The number of benzene rings is 2. The van der Waals surface area contributed by atoms with E-state index >= 15 is 0 Å². The summed E-state index contributed by atoms with van der Waals surface area (Å²) in [6, 6.07) is 25.5. The van der Waals surface area contributed by atoms with Crippen LogP contribution in [0.2, 0.25) is 0 Å². The van der Waals surface area contributed by atoms with Gasteiger partial charge < -0.3 is 13.8 Å². The van der Waals surface area contributed by atoms with Gasteiger partial charge in [0.2, 0.25) is 0 Å². The van der Waals surface area contributed by atoms with Crippen LogP contribution in [0.3, 0.4) is 0 Å². The fourth-order valence-corrected chi connectivity index (χ4v) is 7.38. The molecular formula is C22H22N3O2P. The van der Waals surface area contributed by atoms with Crippen LogP contribution in [0.4, 0.5) is 11.4 Å². The van der Waals surface area contributed by atoms with Gasteiger partial charge in [0.05, 0.1) is 18.8 Å². The lowest BCUT2D eigenvalue weighted by molar-refractivity contribution is 0.485. The molecule has 0 bridgehead atoms. The number of para-hydroxylation sites is 2. The van der Waals surface area contributed by atoms with Gasteiger partial charge in [0, 0.05) is 24.5 Å². The van der Waals surface area contributed by atoms with Crippen LogP contribution in [-0.2, 0) is 4.57 Å². The summed E-state index contributed by atoms with van der Waals surface area (Å²) in [5.41, 5.74) is 1.27. The van der Waals surface area contributed by atoms with E-state index in [-0.39, 0.29) is 6.42 Å². The van der Waals surface area contributed by atoms with Crippen LogP contribution in [0.5, 0.6) is 0 Å². The SMILES string of the molecule is N#CCC(c1ccco1)P1(=O)N(c2ccccc2)CCCN1c1ccccc1. The van der Waals surface area contributed by atoms with Gasteiger partial charge in [-0.15, -0.1) is 0 Å². The normalized spacial score (nSPS) is 17.1. The van der Waals surface area contributed by atoms with Crippen LogP contribution in [0.25, 0.3) is 0 Å². The predicted octanol–water partition coefficient (Wildman–Crippen LogP) is 5.84. The number of anilines is 2. The van der Waals surface area contributed by atoms with E-state index in [0.29, 0.717) is 18.8 Å². The van der Waals surface area contributed by atoms with E-state index in [9.17, 15) is 9.83 Å². The zero-order valence-corrected chi connectivity index (χ0v) is 16.4. The molecule has 6 heteroatoms. The standard InChI is InChI=1S/C22H22N3O2P/c23-15-14-22(21-13-7-18-27-21)28(26)24(19-9-3-1-4-10-19)16-8-17-25(28)20-11-5-2-6-12-20/h1-7,9-13,18,22H,8,14,16-17H2. The van der Waals surface area contributed by atoms with Crippen molar-refractivity contribution in [3.05, 3.63) is 84.8 Å². The Hall–Kier alpha value is -2.96. The topological polar surface area (TPSA) is 60.5 Å². The van der Waals surface area contributed by atoms with Gasteiger partial charge in [0.25, 0.3) is 7.44 Å². The van der Waals surface area contributed by atoms with Crippen molar-refractivity contribution in [3.8, 4) is 6.07 Å². The summed E-state index contributed by atoms with van der Waals surface area (Å²) in [6.07, 6.45) is 2.58. The Morgan fingerprint density at radius 1 is 0.929 bits per heavy atom. The lowest BCUT2D eigenvalue weighted by Gasteiger charge is -2.48. The molecule has 0 aliphatic carbocycles. The van der Waals surface area contributed by atoms with Gasteiger partial charge in [0.1, 0.15) is 11.4 Å². The van der Waals surface area contributed by atoms with Crippen molar-refractivity contribution < 1.29 is 8.98 Å². The van der Waals surface area contributed by atoms with Crippen LogP contribution in [0, 0.1) is 11.3 Å². The average Bonchev–Trinajstić information content (AvgIpc) is 3.27. The van der Waals surface area contributed by atoms with E-state index in [1.165, 1.54) is 0 Å². The van der Waals surface area contributed by atoms with Crippen LogP contribution >= 0.6 is 7.44 Å². The lowest BCUT2D eigenvalue weighted by Crippen LogP contribution is -2.41. The molecule has 28 heavy (non-hydrogen) atoms. The van der Waals surface area contributed by atoms with E-state index in [0.717, 1.165) is 17.8 Å². The van der Waals surface area contributed by atoms with E-state index < -0.39 is 13.1 Å². The second-order valence-electron chi connectivity index (χ2n) is 6.75. The highest BCUT2D eigenvalue weighted by Gasteiger charge is 2.48. The van der Waals surface area contributed by atoms with Gasteiger partial charge in [-0.2, -0.15) is 5.26 Å². The second-order valence-corrected chi connectivity index (χ2v) is 9.52. The Bertz CT molecular complexity index is 932. The van der Waals surface area contributed by atoms with Crippen LogP contribution in [0.1, 0.15) is 24.3 Å². The number of hydrogen-bond donors (Lipinski definition) is 0. The highest BCUT2D eigenvalue weighted by molar-refractivity contribution is 7.67. The number of hydrogen-bond acceptors (Lipinski definition) is 3. The maximum atomic E-state index is 14.9. The number of rotatable bonds is 5. The van der Waals surface area contributed by atoms with Crippen molar-refractivity contribution in [2.45, 2.75) is 18.5 Å². The van der Waals surface area contributed by atoms with E-state index in [2.05, 4.69) is 6.07 Å². The molecule has 4 rings (SSSR count). The molecule has 1 aliphatic heterocycles. The molecule has 1 unspecified atom stereocenters. The van der Waals surface area contributed by atoms with Crippen molar-refractivity contribution in [2.75, 3.05) is 22.4 Å². The molecule has 1 aliphatic rings. The smallest absolute Gasteiger partial charge is 0.274 e. The molecule has 3 aromatic rings. The van der Waals surface area contributed by atoms with E-state index in [1.54, 1.807) is 12.3 Å². The Morgan fingerprint density at radius 3 is 1.96 bits per heavy atom. The highest BCUT2D eigenvalue weighted by Crippen LogP contribution is 2.68. The summed E-state index contributed by atoms with van der Waals surface area (Å²) in [5, 5.41) is 9.54. The summed E-state index contributed by atoms with van der Waals surface area (Å²) in [7, 11) is -3.24. The molecule has 2 aromatic carbocycles. The molecule has 0 amide bonds. The third-order valence-electron chi connectivity index (χ3n) is 5.10. The Kier molecular flexibility index (Phi) is 5.23. The fraction of sp³-hybridized carbons (Fsp3) is 0.227. The van der Waals surface area contributed by atoms with Crippen molar-refractivity contribution in [1.82, 2.24) is 0 Å². The number of nitriles is 1. The molecule has 0 saturated carbocycles. The molecule has 142 valence electrons. The zero-order chi connectivity index (χ0) is 19.4. The fourth-order valence-electron chi connectivity index (χ4n) is 3.87. The second kappa shape index (κ2) is 7.96. The molecule has 1 atom stereocenters. The van der Waals surface area contributed by atoms with Crippen molar-refractivity contribution in [3.63, 3.8) is 0 Å². The monoisotopic (exact) mass is 391 g/mol. The molecule has 1 fully saturated rings. The quantitative estimate of drug-likeness (QED) is 0.511.